The van der Waals surface area contributed by atoms with Crippen LogP contribution < -0.4 is 15.6 Å². The molecule has 0 bridgehead atoms. The van der Waals surface area contributed by atoms with Crippen LogP contribution in [0.2, 0.25) is 0 Å². The van der Waals surface area contributed by atoms with Crippen LogP contribution in [0.25, 0.3) is 10.2 Å². The first kappa shape index (κ1) is 20.5. The van der Waals surface area contributed by atoms with Gasteiger partial charge in [0.1, 0.15) is 22.0 Å². The molecule has 0 aliphatic rings. The molecule has 0 fully saturated rings. The second-order valence-corrected chi connectivity index (χ2v) is 7.64. The van der Waals surface area contributed by atoms with Gasteiger partial charge in [-0.1, -0.05) is 0 Å². The minimum absolute atomic E-state index is 0.0602. The number of benzene rings is 1. The Kier molecular flexibility index (Phi) is 5.97. The third-order valence-electron chi connectivity index (χ3n) is 4.11. The standard InChI is InChI=1S/C20H21N3O5S/c1-11(2)28-14-7-5-13(6-8-14)22-15(24)9-23-10-21-18-16(19(23)25)12(3)17(29-18)20(26)27-4/h5-8,10-11H,9H2,1-4H3,(H,22,24). The summed E-state index contributed by atoms with van der Waals surface area (Å²) in [4.78, 5) is 42.0. The highest BCUT2D eigenvalue weighted by Crippen LogP contribution is 2.27. The number of nitrogens with zero attached hydrogens (tertiary/aromatic N) is 2. The molecule has 0 unspecified atom stereocenters. The highest BCUT2D eigenvalue weighted by molar-refractivity contribution is 7.20. The molecule has 0 radical (unpaired) electrons. The van der Waals surface area contributed by atoms with E-state index >= 15 is 0 Å². The first-order valence-electron chi connectivity index (χ1n) is 8.93. The van der Waals surface area contributed by atoms with Crippen molar-refractivity contribution in [2.75, 3.05) is 12.4 Å². The van der Waals surface area contributed by atoms with Crippen molar-refractivity contribution in [2.45, 2.75) is 33.4 Å². The number of hydrogen-bond donors (Lipinski definition) is 1. The Morgan fingerprint density at radius 1 is 1.24 bits per heavy atom. The number of amides is 1. The van der Waals surface area contributed by atoms with Gasteiger partial charge < -0.3 is 14.8 Å². The fraction of sp³-hybridized carbons (Fsp3) is 0.300. The predicted molar refractivity (Wildman–Crippen MR) is 111 cm³/mol. The molecular formula is C20H21N3O5S. The van der Waals surface area contributed by atoms with E-state index in [9.17, 15) is 14.4 Å². The fourth-order valence-electron chi connectivity index (χ4n) is 2.80. The van der Waals surface area contributed by atoms with E-state index in [0.29, 0.717) is 32.1 Å². The second kappa shape index (κ2) is 8.44. The Morgan fingerprint density at radius 2 is 1.93 bits per heavy atom. The molecule has 3 aromatic rings. The van der Waals surface area contributed by atoms with Gasteiger partial charge >= 0.3 is 5.97 Å². The summed E-state index contributed by atoms with van der Waals surface area (Å²) in [6, 6.07) is 6.98. The summed E-state index contributed by atoms with van der Waals surface area (Å²) in [6.07, 6.45) is 1.37. The van der Waals surface area contributed by atoms with E-state index in [1.807, 2.05) is 13.8 Å². The van der Waals surface area contributed by atoms with Gasteiger partial charge in [0.15, 0.2) is 0 Å². The second-order valence-electron chi connectivity index (χ2n) is 6.64. The van der Waals surface area contributed by atoms with E-state index in [-0.39, 0.29) is 24.1 Å². The number of hydrogen-bond acceptors (Lipinski definition) is 7. The normalized spacial score (nSPS) is 10.9. The van der Waals surface area contributed by atoms with E-state index in [1.54, 1.807) is 31.2 Å². The number of thiophene rings is 1. The molecule has 152 valence electrons. The van der Waals surface area contributed by atoms with Gasteiger partial charge in [0.05, 0.1) is 24.9 Å². The maximum Gasteiger partial charge on any atom is 0.348 e. The number of rotatable bonds is 6. The molecule has 8 nitrogen and oxygen atoms in total. The van der Waals surface area contributed by atoms with Crippen LogP contribution in [0.1, 0.15) is 29.1 Å². The molecule has 29 heavy (non-hydrogen) atoms. The molecule has 0 saturated heterocycles. The summed E-state index contributed by atoms with van der Waals surface area (Å²) in [5.41, 5.74) is 0.715. The molecule has 0 spiro atoms. The van der Waals surface area contributed by atoms with Crippen LogP contribution in [0.4, 0.5) is 5.69 Å². The van der Waals surface area contributed by atoms with Gasteiger partial charge in [-0.05, 0) is 50.6 Å². The number of esters is 1. The van der Waals surface area contributed by atoms with Gasteiger partial charge in [-0.2, -0.15) is 0 Å². The van der Waals surface area contributed by atoms with Crippen LogP contribution in [-0.2, 0) is 16.1 Å². The Morgan fingerprint density at radius 3 is 2.55 bits per heavy atom. The molecule has 3 rings (SSSR count). The van der Waals surface area contributed by atoms with E-state index in [1.165, 1.54) is 18.0 Å². The SMILES string of the molecule is COC(=O)c1sc2ncn(CC(=O)Nc3ccc(OC(C)C)cc3)c(=O)c2c1C. The molecule has 1 amide bonds. The number of nitrogens with one attached hydrogen (secondary N) is 1. The molecule has 0 atom stereocenters. The quantitative estimate of drug-likeness (QED) is 0.622. The van der Waals surface area contributed by atoms with Crippen molar-refractivity contribution in [3.05, 3.63) is 51.4 Å². The first-order valence-corrected chi connectivity index (χ1v) is 9.75. The van der Waals surface area contributed by atoms with Crippen LogP contribution in [0.5, 0.6) is 5.75 Å². The lowest BCUT2D eigenvalue weighted by molar-refractivity contribution is -0.116. The maximum atomic E-state index is 12.8. The molecule has 2 heterocycles. The lowest BCUT2D eigenvalue weighted by atomic mass is 10.2. The van der Waals surface area contributed by atoms with Crippen LogP contribution in [0, 0.1) is 6.92 Å². The zero-order valence-electron chi connectivity index (χ0n) is 16.5. The predicted octanol–water partition coefficient (Wildman–Crippen LogP) is 2.98. The Hall–Kier alpha value is -3.20. The van der Waals surface area contributed by atoms with Crippen molar-refractivity contribution in [1.29, 1.82) is 0 Å². The number of carbonyl (C=O) groups excluding carboxylic acids is 2. The molecule has 1 aromatic carbocycles. The van der Waals surface area contributed by atoms with E-state index in [2.05, 4.69) is 10.3 Å². The van der Waals surface area contributed by atoms with Crippen molar-refractivity contribution < 1.29 is 19.1 Å². The molecule has 0 aliphatic carbocycles. The average Bonchev–Trinajstić information content (AvgIpc) is 3.02. The number of anilines is 1. The Bertz CT molecular complexity index is 1120. The van der Waals surface area contributed by atoms with Crippen LogP contribution in [-0.4, -0.2) is 34.6 Å². The van der Waals surface area contributed by atoms with Gasteiger partial charge in [-0.3, -0.25) is 14.2 Å². The molecule has 1 N–H and O–H groups in total. The highest BCUT2D eigenvalue weighted by atomic mass is 32.1. The summed E-state index contributed by atoms with van der Waals surface area (Å²) in [7, 11) is 1.28. The van der Waals surface area contributed by atoms with Crippen molar-refractivity contribution >= 4 is 39.1 Å². The molecule has 9 heteroatoms. The number of methoxy groups -OCH3 is 1. The Labute approximate surface area is 171 Å². The van der Waals surface area contributed by atoms with Crippen LogP contribution in [0.3, 0.4) is 0 Å². The van der Waals surface area contributed by atoms with Gasteiger partial charge in [0.25, 0.3) is 5.56 Å². The van der Waals surface area contributed by atoms with Crippen LogP contribution >= 0.6 is 11.3 Å². The lowest BCUT2D eigenvalue weighted by Crippen LogP contribution is -2.27. The maximum absolute atomic E-state index is 12.8. The first-order chi connectivity index (χ1) is 13.8. The minimum atomic E-state index is -0.515. The van der Waals surface area contributed by atoms with Gasteiger partial charge in [0, 0.05) is 5.69 Å². The van der Waals surface area contributed by atoms with Gasteiger partial charge in [0.2, 0.25) is 5.91 Å². The minimum Gasteiger partial charge on any atom is -0.491 e. The van der Waals surface area contributed by atoms with Crippen molar-refractivity contribution in [3.8, 4) is 5.75 Å². The smallest absolute Gasteiger partial charge is 0.348 e. The number of fused-ring (bicyclic) bond motifs is 1. The lowest BCUT2D eigenvalue weighted by Gasteiger charge is -2.11. The molecule has 2 aromatic heterocycles. The number of carbonyl (C=O) groups is 2. The fourth-order valence-corrected chi connectivity index (χ4v) is 3.86. The number of ether oxygens (including phenoxy) is 2. The van der Waals surface area contributed by atoms with E-state index in [0.717, 1.165) is 11.3 Å². The summed E-state index contributed by atoms with van der Waals surface area (Å²) in [6.45, 7) is 5.33. The third-order valence-corrected chi connectivity index (χ3v) is 5.29. The van der Waals surface area contributed by atoms with Gasteiger partial charge in [-0.15, -0.1) is 11.3 Å². The zero-order valence-corrected chi connectivity index (χ0v) is 17.3. The van der Waals surface area contributed by atoms with Crippen molar-refractivity contribution in [2.24, 2.45) is 0 Å². The molecule has 0 aliphatic heterocycles. The zero-order chi connectivity index (χ0) is 21.1. The number of aryl methyl sites for hydroxylation is 1. The van der Waals surface area contributed by atoms with E-state index < -0.39 is 5.97 Å². The summed E-state index contributed by atoms with van der Waals surface area (Å²) < 4.78 is 11.5. The summed E-state index contributed by atoms with van der Waals surface area (Å²) in [5, 5.41) is 3.06. The summed E-state index contributed by atoms with van der Waals surface area (Å²) in [5.74, 6) is -0.177. The monoisotopic (exact) mass is 415 g/mol. The van der Waals surface area contributed by atoms with Crippen molar-refractivity contribution in [3.63, 3.8) is 0 Å². The molecule has 0 saturated carbocycles. The average molecular weight is 415 g/mol. The Balaban J connectivity index is 1.78. The molecular weight excluding hydrogens is 394 g/mol. The third kappa shape index (κ3) is 4.45. The van der Waals surface area contributed by atoms with E-state index in [4.69, 9.17) is 9.47 Å². The van der Waals surface area contributed by atoms with Crippen molar-refractivity contribution in [1.82, 2.24) is 9.55 Å². The largest absolute Gasteiger partial charge is 0.491 e. The van der Waals surface area contributed by atoms with Gasteiger partial charge in [-0.25, -0.2) is 9.78 Å². The highest BCUT2D eigenvalue weighted by Gasteiger charge is 2.20. The number of aromatic nitrogens is 2. The topological polar surface area (TPSA) is 99.5 Å². The summed E-state index contributed by atoms with van der Waals surface area (Å²) >= 11 is 1.09. The van der Waals surface area contributed by atoms with Crippen LogP contribution in [0.15, 0.2) is 35.4 Å².